The van der Waals surface area contributed by atoms with Gasteiger partial charge in [-0.2, -0.15) is 0 Å². The number of carboxylic acids is 1. The first kappa shape index (κ1) is 16.4. The van der Waals surface area contributed by atoms with Crippen LogP contribution in [0.25, 0.3) is 6.08 Å². The second kappa shape index (κ2) is 6.66. The fourth-order valence-corrected chi connectivity index (χ4v) is 1.79. The lowest BCUT2D eigenvalue weighted by molar-refractivity contribution is -0.131. The number of benzene rings is 1. The maximum atomic E-state index is 13.6. The average Bonchev–Trinajstić information content (AvgIpc) is 2.35. The zero-order chi connectivity index (χ0) is 15.3. The Balaban J connectivity index is 2.94. The van der Waals surface area contributed by atoms with E-state index in [1.165, 1.54) is 18.2 Å². The van der Waals surface area contributed by atoms with E-state index in [0.717, 1.165) is 18.1 Å². The summed E-state index contributed by atoms with van der Waals surface area (Å²) >= 11 is 0. The van der Waals surface area contributed by atoms with Gasteiger partial charge in [-0.1, -0.05) is 13.0 Å². The average molecular weight is 279 g/mol. The number of nitrogens with zero attached hydrogens (tertiary/aromatic N) is 1. The summed E-state index contributed by atoms with van der Waals surface area (Å²) in [5, 5.41) is 8.61. The molecule has 0 fully saturated rings. The van der Waals surface area contributed by atoms with E-state index in [9.17, 15) is 9.18 Å². The van der Waals surface area contributed by atoms with Gasteiger partial charge in [-0.3, -0.25) is 4.90 Å². The van der Waals surface area contributed by atoms with E-state index in [1.807, 2.05) is 13.1 Å². The van der Waals surface area contributed by atoms with E-state index in [2.05, 4.69) is 25.7 Å². The molecule has 0 aliphatic rings. The molecule has 0 saturated heterocycles. The minimum atomic E-state index is -1.04. The summed E-state index contributed by atoms with van der Waals surface area (Å²) < 4.78 is 13.6. The topological polar surface area (TPSA) is 40.5 Å². The third kappa shape index (κ3) is 4.78. The third-order valence-electron chi connectivity index (χ3n) is 3.72. The van der Waals surface area contributed by atoms with Gasteiger partial charge in [0.15, 0.2) is 0 Å². The molecule has 0 aliphatic heterocycles. The molecule has 3 nitrogen and oxygen atoms in total. The maximum Gasteiger partial charge on any atom is 0.328 e. The van der Waals surface area contributed by atoms with Gasteiger partial charge >= 0.3 is 5.97 Å². The van der Waals surface area contributed by atoms with Gasteiger partial charge in [0.1, 0.15) is 5.82 Å². The summed E-state index contributed by atoms with van der Waals surface area (Å²) in [6, 6.07) is 4.62. The van der Waals surface area contributed by atoms with Gasteiger partial charge in [0, 0.05) is 18.2 Å². The van der Waals surface area contributed by atoms with E-state index >= 15 is 0 Å². The summed E-state index contributed by atoms with van der Waals surface area (Å²) in [6.45, 7) is 7.00. The molecule has 1 aromatic carbocycles. The van der Waals surface area contributed by atoms with Gasteiger partial charge in [-0.05, 0) is 56.7 Å². The molecule has 0 amide bonds. The van der Waals surface area contributed by atoms with Crippen LogP contribution in [0.4, 0.5) is 4.39 Å². The summed E-state index contributed by atoms with van der Waals surface area (Å²) in [5.41, 5.74) is 1.42. The number of rotatable bonds is 6. The van der Waals surface area contributed by atoms with E-state index in [1.54, 1.807) is 0 Å². The molecular formula is C16H22FNO2. The quantitative estimate of drug-likeness (QED) is 0.810. The molecule has 0 spiro atoms. The lowest BCUT2D eigenvalue weighted by Gasteiger charge is -2.34. The Morgan fingerprint density at radius 3 is 2.60 bits per heavy atom. The number of carboxylic acid groups (broad SMARTS) is 1. The SMILES string of the molecule is CCC(C)(C)N(C)Cc1cc(F)cc(C=CC(=O)O)c1. The van der Waals surface area contributed by atoms with Gasteiger partial charge in [-0.15, -0.1) is 0 Å². The molecule has 1 aromatic rings. The van der Waals surface area contributed by atoms with Crippen LogP contribution in [-0.4, -0.2) is 28.6 Å². The van der Waals surface area contributed by atoms with Crippen molar-refractivity contribution in [2.45, 2.75) is 39.3 Å². The van der Waals surface area contributed by atoms with E-state index < -0.39 is 5.97 Å². The van der Waals surface area contributed by atoms with E-state index in [-0.39, 0.29) is 11.4 Å². The summed E-state index contributed by atoms with van der Waals surface area (Å²) in [7, 11) is 2.00. The first-order valence-electron chi connectivity index (χ1n) is 6.66. The van der Waals surface area contributed by atoms with Crippen LogP contribution < -0.4 is 0 Å². The maximum absolute atomic E-state index is 13.6. The predicted molar refractivity (Wildman–Crippen MR) is 78.9 cm³/mol. The van der Waals surface area contributed by atoms with Crippen molar-refractivity contribution in [2.75, 3.05) is 7.05 Å². The van der Waals surface area contributed by atoms with Crippen LogP contribution in [0.15, 0.2) is 24.3 Å². The molecule has 0 atom stereocenters. The van der Waals surface area contributed by atoms with Gasteiger partial charge in [-0.25, -0.2) is 9.18 Å². The highest BCUT2D eigenvalue weighted by molar-refractivity contribution is 5.85. The normalized spacial score (nSPS) is 12.3. The molecule has 0 aromatic heterocycles. The monoisotopic (exact) mass is 279 g/mol. The van der Waals surface area contributed by atoms with Crippen LogP contribution >= 0.6 is 0 Å². The van der Waals surface area contributed by atoms with Gasteiger partial charge in [0.05, 0.1) is 0 Å². The van der Waals surface area contributed by atoms with Crippen LogP contribution in [0.3, 0.4) is 0 Å². The van der Waals surface area contributed by atoms with Crippen LogP contribution in [-0.2, 0) is 11.3 Å². The predicted octanol–water partition coefficient (Wildman–Crippen LogP) is 3.54. The van der Waals surface area contributed by atoms with Crippen molar-refractivity contribution in [3.8, 4) is 0 Å². The zero-order valence-electron chi connectivity index (χ0n) is 12.5. The number of carbonyl (C=O) groups is 1. The molecule has 0 aliphatic carbocycles. The number of halogens is 1. The van der Waals surface area contributed by atoms with Crippen molar-refractivity contribution in [2.24, 2.45) is 0 Å². The van der Waals surface area contributed by atoms with Crippen molar-refractivity contribution in [1.82, 2.24) is 4.90 Å². The fourth-order valence-electron chi connectivity index (χ4n) is 1.79. The number of hydrogen-bond donors (Lipinski definition) is 1. The molecule has 0 unspecified atom stereocenters. The summed E-state index contributed by atoms with van der Waals surface area (Å²) in [5.74, 6) is -1.39. The van der Waals surface area contributed by atoms with Gasteiger partial charge in [0.25, 0.3) is 0 Å². The minimum absolute atomic E-state index is 0.0311. The second-order valence-corrected chi connectivity index (χ2v) is 5.59. The van der Waals surface area contributed by atoms with E-state index in [4.69, 9.17) is 5.11 Å². The summed E-state index contributed by atoms with van der Waals surface area (Å²) in [6.07, 6.45) is 3.41. The smallest absolute Gasteiger partial charge is 0.328 e. The Hall–Kier alpha value is -1.68. The molecule has 1 N–H and O–H groups in total. The van der Waals surface area contributed by atoms with Crippen molar-refractivity contribution in [3.63, 3.8) is 0 Å². The highest BCUT2D eigenvalue weighted by Gasteiger charge is 2.21. The molecule has 0 bridgehead atoms. The Morgan fingerprint density at radius 1 is 1.40 bits per heavy atom. The number of aliphatic carboxylic acids is 1. The molecule has 0 saturated carbocycles. The first-order valence-corrected chi connectivity index (χ1v) is 6.66. The zero-order valence-corrected chi connectivity index (χ0v) is 12.5. The largest absolute Gasteiger partial charge is 0.478 e. The van der Waals surface area contributed by atoms with Crippen molar-refractivity contribution in [3.05, 3.63) is 41.2 Å². The molecule has 20 heavy (non-hydrogen) atoms. The lowest BCUT2D eigenvalue weighted by Crippen LogP contribution is -2.39. The fraction of sp³-hybridized carbons (Fsp3) is 0.438. The molecule has 110 valence electrons. The van der Waals surface area contributed by atoms with E-state index in [0.29, 0.717) is 12.1 Å². The van der Waals surface area contributed by atoms with Gasteiger partial charge < -0.3 is 5.11 Å². The lowest BCUT2D eigenvalue weighted by atomic mass is 9.99. The minimum Gasteiger partial charge on any atom is -0.478 e. The Kier molecular flexibility index (Phi) is 5.45. The molecule has 0 radical (unpaired) electrons. The van der Waals surface area contributed by atoms with Crippen LogP contribution in [0.1, 0.15) is 38.3 Å². The Labute approximate surface area is 119 Å². The number of hydrogen-bond acceptors (Lipinski definition) is 2. The Bertz CT molecular complexity index is 509. The Morgan fingerprint density at radius 2 is 2.05 bits per heavy atom. The molecule has 0 heterocycles. The van der Waals surface area contributed by atoms with Crippen LogP contribution in [0.2, 0.25) is 0 Å². The molecular weight excluding hydrogens is 257 g/mol. The van der Waals surface area contributed by atoms with Gasteiger partial charge in [0.2, 0.25) is 0 Å². The highest BCUT2D eigenvalue weighted by Crippen LogP contribution is 2.20. The van der Waals surface area contributed by atoms with Crippen LogP contribution in [0, 0.1) is 5.82 Å². The second-order valence-electron chi connectivity index (χ2n) is 5.59. The standard InChI is InChI=1S/C16H22FNO2/c1-5-16(2,3)18(4)11-13-8-12(6-7-15(19)20)9-14(17)10-13/h6-10H,5,11H2,1-4H3,(H,19,20). The van der Waals surface area contributed by atoms with Crippen molar-refractivity contribution >= 4 is 12.0 Å². The van der Waals surface area contributed by atoms with Crippen molar-refractivity contribution in [1.29, 1.82) is 0 Å². The highest BCUT2D eigenvalue weighted by atomic mass is 19.1. The van der Waals surface area contributed by atoms with Crippen LogP contribution in [0.5, 0.6) is 0 Å². The molecule has 1 rings (SSSR count). The first-order chi connectivity index (χ1) is 9.24. The molecule has 4 heteroatoms. The van der Waals surface area contributed by atoms with Crippen molar-refractivity contribution < 1.29 is 14.3 Å². The summed E-state index contributed by atoms with van der Waals surface area (Å²) in [4.78, 5) is 12.7. The third-order valence-corrected chi connectivity index (χ3v) is 3.72.